The van der Waals surface area contributed by atoms with Crippen molar-refractivity contribution in [3.8, 4) is 11.5 Å². The Balaban J connectivity index is 2.62. The van der Waals surface area contributed by atoms with Crippen LogP contribution in [0.4, 0.5) is 0 Å². The van der Waals surface area contributed by atoms with Crippen molar-refractivity contribution in [2.75, 3.05) is 7.11 Å². The molecule has 0 spiro atoms. The average Bonchev–Trinajstić information content (AvgIpc) is 2.45. The first-order valence-electron chi connectivity index (χ1n) is 7.31. The predicted octanol–water partition coefficient (Wildman–Crippen LogP) is 4.44. The summed E-state index contributed by atoms with van der Waals surface area (Å²) in [6.45, 7) is 11.0. The molecule has 0 aliphatic carbocycles. The van der Waals surface area contributed by atoms with E-state index in [4.69, 9.17) is 9.16 Å². The predicted molar refractivity (Wildman–Crippen MR) is 91.5 cm³/mol. The number of pyridine rings is 1. The van der Waals surface area contributed by atoms with E-state index in [2.05, 4.69) is 38.8 Å². The monoisotopic (exact) mass is 317 g/mol. The van der Waals surface area contributed by atoms with Crippen molar-refractivity contribution in [1.82, 2.24) is 4.98 Å². The largest absolute Gasteiger partial charge is 0.541 e. The smallest absolute Gasteiger partial charge is 0.250 e. The van der Waals surface area contributed by atoms with Crippen molar-refractivity contribution in [2.24, 2.45) is 0 Å². The third-order valence-corrected chi connectivity index (χ3v) is 8.64. The first kappa shape index (κ1) is 16.5. The lowest BCUT2D eigenvalue weighted by molar-refractivity contribution is 0.111. The molecule has 0 aliphatic heterocycles. The highest BCUT2D eigenvalue weighted by Crippen LogP contribution is 2.42. The SMILES string of the molecule is COc1ccc2nc(C=O)ccc2c1O[Si](C)(C)C(C)(C)C. The highest BCUT2D eigenvalue weighted by atomic mass is 28.4. The van der Waals surface area contributed by atoms with Crippen LogP contribution in [0.2, 0.25) is 18.1 Å². The summed E-state index contributed by atoms with van der Waals surface area (Å²) in [5.41, 5.74) is 1.15. The molecule has 1 aromatic heterocycles. The normalized spacial score (nSPS) is 12.3. The van der Waals surface area contributed by atoms with Gasteiger partial charge in [-0.2, -0.15) is 0 Å². The van der Waals surface area contributed by atoms with E-state index >= 15 is 0 Å². The maximum absolute atomic E-state index is 10.9. The van der Waals surface area contributed by atoms with Crippen LogP contribution in [0.1, 0.15) is 31.3 Å². The Bertz CT molecular complexity index is 705. The summed E-state index contributed by atoms with van der Waals surface area (Å²) in [7, 11) is -0.378. The topological polar surface area (TPSA) is 48.4 Å². The van der Waals surface area contributed by atoms with Gasteiger partial charge < -0.3 is 9.16 Å². The lowest BCUT2D eigenvalue weighted by atomic mass is 10.1. The molecule has 0 unspecified atom stereocenters. The van der Waals surface area contributed by atoms with Crippen LogP contribution in [0.15, 0.2) is 24.3 Å². The quantitative estimate of drug-likeness (QED) is 0.618. The Morgan fingerprint density at radius 3 is 2.36 bits per heavy atom. The summed E-state index contributed by atoms with van der Waals surface area (Å²) < 4.78 is 11.9. The zero-order valence-corrected chi connectivity index (χ0v) is 15.1. The van der Waals surface area contributed by atoms with Crippen LogP contribution < -0.4 is 9.16 Å². The van der Waals surface area contributed by atoms with Crippen LogP contribution in [0.5, 0.6) is 11.5 Å². The summed E-state index contributed by atoms with van der Waals surface area (Å²) in [5.74, 6) is 1.41. The van der Waals surface area contributed by atoms with E-state index < -0.39 is 8.32 Å². The minimum absolute atomic E-state index is 0.0797. The number of aromatic nitrogens is 1. The van der Waals surface area contributed by atoms with Gasteiger partial charge in [-0.15, -0.1) is 0 Å². The van der Waals surface area contributed by atoms with Gasteiger partial charge in [-0.3, -0.25) is 4.79 Å². The number of carbonyl (C=O) groups excluding carboxylic acids is 1. The average molecular weight is 317 g/mol. The molecule has 5 heteroatoms. The Labute approximate surface area is 132 Å². The second kappa shape index (κ2) is 5.72. The minimum Gasteiger partial charge on any atom is -0.541 e. The number of hydrogen-bond acceptors (Lipinski definition) is 4. The summed E-state index contributed by atoms with van der Waals surface area (Å²) in [4.78, 5) is 15.2. The fourth-order valence-corrected chi connectivity index (χ4v) is 2.94. The second-order valence-electron chi connectivity index (χ2n) is 6.88. The zero-order chi connectivity index (χ0) is 16.5. The fourth-order valence-electron chi connectivity index (χ4n) is 1.91. The first-order chi connectivity index (χ1) is 10.2. The molecule has 2 rings (SSSR count). The summed E-state index contributed by atoms with van der Waals surface area (Å²) in [6, 6.07) is 7.26. The Morgan fingerprint density at radius 1 is 1.14 bits per heavy atom. The van der Waals surface area contributed by atoms with Crippen LogP contribution in [0.25, 0.3) is 10.9 Å². The standard InChI is InChI=1S/C17H23NO3Si/c1-17(2,3)22(5,6)21-16-13-8-7-12(11-19)18-14(13)9-10-15(16)20-4/h7-11H,1-6H3. The third kappa shape index (κ3) is 2.99. The molecule has 118 valence electrons. The summed E-state index contributed by atoms with van der Waals surface area (Å²) in [6.07, 6.45) is 0.748. The number of carbonyl (C=O) groups is 1. The molecule has 0 radical (unpaired) electrons. The van der Waals surface area contributed by atoms with Crippen LogP contribution in [-0.2, 0) is 0 Å². The van der Waals surface area contributed by atoms with Gasteiger partial charge in [0, 0.05) is 5.39 Å². The number of aldehydes is 1. The summed E-state index contributed by atoms with van der Waals surface area (Å²) >= 11 is 0. The van der Waals surface area contributed by atoms with Crippen molar-refractivity contribution in [3.63, 3.8) is 0 Å². The highest BCUT2D eigenvalue weighted by molar-refractivity contribution is 6.74. The van der Waals surface area contributed by atoms with Crippen LogP contribution in [0, 0.1) is 0 Å². The van der Waals surface area contributed by atoms with E-state index in [-0.39, 0.29) is 5.04 Å². The lowest BCUT2D eigenvalue weighted by Crippen LogP contribution is -2.44. The van der Waals surface area contributed by atoms with E-state index in [1.165, 1.54) is 0 Å². The van der Waals surface area contributed by atoms with Gasteiger partial charge >= 0.3 is 0 Å². The minimum atomic E-state index is -2.01. The number of rotatable bonds is 4. The summed E-state index contributed by atoms with van der Waals surface area (Å²) in [5, 5.41) is 0.950. The second-order valence-corrected chi connectivity index (χ2v) is 11.6. The highest BCUT2D eigenvalue weighted by Gasteiger charge is 2.40. The molecule has 1 heterocycles. The van der Waals surface area contributed by atoms with Crippen molar-refractivity contribution in [1.29, 1.82) is 0 Å². The Hall–Kier alpha value is -1.88. The van der Waals surface area contributed by atoms with Gasteiger partial charge in [-0.1, -0.05) is 20.8 Å². The number of fused-ring (bicyclic) bond motifs is 1. The molecule has 0 atom stereocenters. The molecule has 0 aliphatic rings. The Morgan fingerprint density at radius 2 is 1.82 bits per heavy atom. The van der Waals surface area contributed by atoms with Gasteiger partial charge in [0.25, 0.3) is 8.32 Å². The van der Waals surface area contributed by atoms with Gasteiger partial charge in [0.2, 0.25) is 0 Å². The number of ether oxygens (including phenoxy) is 1. The molecule has 0 N–H and O–H groups in total. The zero-order valence-electron chi connectivity index (χ0n) is 14.1. The van der Waals surface area contributed by atoms with Gasteiger partial charge in [-0.05, 0) is 42.4 Å². The van der Waals surface area contributed by atoms with E-state index in [1.54, 1.807) is 13.2 Å². The van der Waals surface area contributed by atoms with Crippen molar-refractivity contribution < 1.29 is 14.0 Å². The molecule has 0 saturated carbocycles. The van der Waals surface area contributed by atoms with Gasteiger partial charge in [0.1, 0.15) is 5.69 Å². The van der Waals surface area contributed by atoms with Crippen molar-refractivity contribution >= 4 is 25.5 Å². The van der Waals surface area contributed by atoms with Crippen molar-refractivity contribution in [3.05, 3.63) is 30.0 Å². The molecule has 2 aromatic rings. The molecule has 0 amide bonds. The maximum Gasteiger partial charge on any atom is 0.250 e. The fraction of sp³-hybridized carbons (Fsp3) is 0.412. The number of hydrogen-bond donors (Lipinski definition) is 0. The lowest BCUT2D eigenvalue weighted by Gasteiger charge is -2.37. The van der Waals surface area contributed by atoms with Crippen LogP contribution in [-0.4, -0.2) is 26.7 Å². The maximum atomic E-state index is 10.9. The van der Waals surface area contributed by atoms with E-state index in [0.717, 1.165) is 22.9 Å². The number of benzene rings is 1. The van der Waals surface area contributed by atoms with E-state index in [9.17, 15) is 4.79 Å². The van der Waals surface area contributed by atoms with Gasteiger partial charge in [-0.25, -0.2) is 4.98 Å². The molecular weight excluding hydrogens is 294 g/mol. The Kier molecular flexibility index (Phi) is 4.29. The molecule has 0 saturated heterocycles. The molecule has 4 nitrogen and oxygen atoms in total. The van der Waals surface area contributed by atoms with Crippen LogP contribution in [0.3, 0.4) is 0 Å². The van der Waals surface area contributed by atoms with Crippen LogP contribution >= 0.6 is 0 Å². The molecule has 22 heavy (non-hydrogen) atoms. The molecule has 1 aromatic carbocycles. The number of methoxy groups -OCH3 is 1. The van der Waals surface area contributed by atoms with E-state index in [1.807, 2.05) is 18.2 Å². The molecule has 0 bridgehead atoms. The first-order valence-corrected chi connectivity index (χ1v) is 10.2. The molecule has 0 fully saturated rings. The van der Waals surface area contributed by atoms with Gasteiger partial charge in [0.05, 0.1) is 12.6 Å². The number of nitrogens with zero attached hydrogens (tertiary/aromatic N) is 1. The molecular formula is C17H23NO3Si. The third-order valence-electron chi connectivity index (χ3n) is 4.31. The van der Waals surface area contributed by atoms with Gasteiger partial charge in [0.15, 0.2) is 17.8 Å². The van der Waals surface area contributed by atoms with E-state index in [0.29, 0.717) is 11.4 Å². The van der Waals surface area contributed by atoms with Crippen molar-refractivity contribution in [2.45, 2.75) is 38.9 Å².